The number of piperidine rings is 1. The van der Waals surface area contributed by atoms with E-state index in [4.69, 9.17) is 14.5 Å². The topological polar surface area (TPSA) is 58.1 Å². The quantitative estimate of drug-likeness (QED) is 0.296. The Balaban J connectivity index is 0.00000420. The molecule has 1 unspecified atom stereocenters. The van der Waals surface area contributed by atoms with Gasteiger partial charge in [0.2, 0.25) is 0 Å². The molecule has 29 heavy (non-hydrogen) atoms. The van der Waals surface area contributed by atoms with E-state index in [0.717, 1.165) is 55.9 Å². The summed E-state index contributed by atoms with van der Waals surface area (Å²) >= 11 is 0. The van der Waals surface area contributed by atoms with E-state index in [1.807, 2.05) is 31.2 Å². The highest BCUT2D eigenvalue weighted by atomic mass is 127. The van der Waals surface area contributed by atoms with Crippen LogP contribution in [-0.2, 0) is 0 Å². The molecule has 1 aliphatic heterocycles. The van der Waals surface area contributed by atoms with Gasteiger partial charge >= 0.3 is 0 Å². The molecule has 0 amide bonds. The predicted molar refractivity (Wildman–Crippen MR) is 132 cm³/mol. The molecule has 2 N–H and O–H groups in total. The van der Waals surface area contributed by atoms with E-state index in [0.29, 0.717) is 12.6 Å². The molecule has 0 aromatic heterocycles. The van der Waals surface area contributed by atoms with E-state index in [9.17, 15) is 0 Å². The molecule has 1 aromatic rings. The molecule has 1 aromatic carbocycles. The van der Waals surface area contributed by atoms with Gasteiger partial charge < -0.3 is 25.0 Å². The van der Waals surface area contributed by atoms with Crippen LogP contribution in [0.1, 0.15) is 40.5 Å². The summed E-state index contributed by atoms with van der Waals surface area (Å²) in [5.74, 6) is 3.21. The third-order valence-electron chi connectivity index (χ3n) is 4.78. The number of guanidine groups is 1. The van der Waals surface area contributed by atoms with Crippen molar-refractivity contribution in [2.75, 3.05) is 39.8 Å². The summed E-state index contributed by atoms with van der Waals surface area (Å²) in [6.07, 6.45) is 2.30. The average Bonchev–Trinajstić information content (AvgIpc) is 2.67. The molecule has 1 fully saturated rings. The summed E-state index contributed by atoms with van der Waals surface area (Å²) in [4.78, 5) is 7.30. The van der Waals surface area contributed by atoms with Crippen LogP contribution in [0.4, 0.5) is 0 Å². The summed E-state index contributed by atoms with van der Waals surface area (Å²) < 4.78 is 11.2. The van der Waals surface area contributed by atoms with Gasteiger partial charge in [0.15, 0.2) is 5.96 Å². The zero-order valence-electron chi connectivity index (χ0n) is 18.6. The van der Waals surface area contributed by atoms with Gasteiger partial charge in [0.25, 0.3) is 0 Å². The standard InChI is InChI=1S/C22H38N4O2.HI/c1-6-23-22(25-19-10-12-26(13-11-19)16-17(2)3)24-15-18(4)28-21-9-7-8-20(14-21)27-5;/h7-9,14,17-19H,6,10-13,15-16H2,1-5H3,(H2,23,24,25);1H. The van der Waals surface area contributed by atoms with Gasteiger partial charge in [-0.1, -0.05) is 19.9 Å². The first-order valence-corrected chi connectivity index (χ1v) is 10.6. The Hall–Kier alpha value is -1.22. The third kappa shape index (κ3) is 9.89. The number of likely N-dealkylation sites (tertiary alicyclic amines) is 1. The zero-order chi connectivity index (χ0) is 20.4. The van der Waals surface area contributed by atoms with Crippen molar-refractivity contribution < 1.29 is 9.47 Å². The van der Waals surface area contributed by atoms with E-state index in [-0.39, 0.29) is 30.1 Å². The molecule has 1 aliphatic rings. The number of hydrogen-bond donors (Lipinski definition) is 2. The summed E-state index contributed by atoms with van der Waals surface area (Å²) in [7, 11) is 1.66. The maximum absolute atomic E-state index is 5.98. The summed E-state index contributed by atoms with van der Waals surface area (Å²) in [6, 6.07) is 8.17. The van der Waals surface area contributed by atoms with Crippen LogP contribution in [0.25, 0.3) is 0 Å². The fraction of sp³-hybridized carbons (Fsp3) is 0.682. The smallest absolute Gasteiger partial charge is 0.191 e. The van der Waals surface area contributed by atoms with E-state index < -0.39 is 0 Å². The fourth-order valence-corrected chi connectivity index (χ4v) is 3.45. The van der Waals surface area contributed by atoms with Crippen LogP contribution in [0.2, 0.25) is 0 Å². The molecular formula is C22H39IN4O2. The Morgan fingerprint density at radius 3 is 2.52 bits per heavy atom. The van der Waals surface area contributed by atoms with Crippen LogP contribution in [0.15, 0.2) is 29.3 Å². The van der Waals surface area contributed by atoms with Gasteiger partial charge in [0.1, 0.15) is 17.6 Å². The molecule has 166 valence electrons. The molecule has 0 radical (unpaired) electrons. The van der Waals surface area contributed by atoms with Gasteiger partial charge in [0.05, 0.1) is 13.7 Å². The number of nitrogens with one attached hydrogen (secondary N) is 2. The van der Waals surface area contributed by atoms with Crippen LogP contribution < -0.4 is 20.1 Å². The van der Waals surface area contributed by atoms with Gasteiger partial charge in [-0.15, -0.1) is 24.0 Å². The third-order valence-corrected chi connectivity index (χ3v) is 4.78. The van der Waals surface area contributed by atoms with E-state index in [2.05, 4.69) is 36.3 Å². The molecule has 2 rings (SSSR count). The number of halogens is 1. The van der Waals surface area contributed by atoms with Crippen molar-refractivity contribution >= 4 is 29.9 Å². The molecule has 0 aliphatic carbocycles. The number of rotatable bonds is 9. The molecular weight excluding hydrogens is 479 g/mol. The van der Waals surface area contributed by atoms with Gasteiger partial charge in [-0.2, -0.15) is 0 Å². The minimum atomic E-state index is -0.0181. The molecule has 6 nitrogen and oxygen atoms in total. The summed E-state index contributed by atoms with van der Waals surface area (Å²) in [5, 5.41) is 6.97. The molecule has 1 atom stereocenters. The van der Waals surface area contributed by atoms with Gasteiger partial charge in [-0.3, -0.25) is 0 Å². The highest BCUT2D eigenvalue weighted by molar-refractivity contribution is 14.0. The lowest BCUT2D eigenvalue weighted by Crippen LogP contribution is -2.49. The van der Waals surface area contributed by atoms with Crippen molar-refractivity contribution in [3.63, 3.8) is 0 Å². The lowest BCUT2D eigenvalue weighted by atomic mass is 10.0. The number of aliphatic imine (C=N–C) groups is 1. The number of hydrogen-bond acceptors (Lipinski definition) is 4. The fourth-order valence-electron chi connectivity index (χ4n) is 3.45. The van der Waals surface area contributed by atoms with E-state index in [1.165, 1.54) is 6.54 Å². The maximum atomic E-state index is 5.98. The Labute approximate surface area is 193 Å². The van der Waals surface area contributed by atoms with Gasteiger partial charge in [-0.25, -0.2) is 4.99 Å². The lowest BCUT2D eigenvalue weighted by molar-refractivity contribution is 0.186. The minimum Gasteiger partial charge on any atom is -0.497 e. The van der Waals surface area contributed by atoms with Crippen molar-refractivity contribution in [3.8, 4) is 11.5 Å². The van der Waals surface area contributed by atoms with Crippen molar-refractivity contribution in [1.82, 2.24) is 15.5 Å². The van der Waals surface area contributed by atoms with E-state index >= 15 is 0 Å². The largest absolute Gasteiger partial charge is 0.497 e. The normalized spacial score (nSPS) is 16.8. The zero-order valence-corrected chi connectivity index (χ0v) is 20.9. The average molecular weight is 518 g/mol. The second-order valence-electron chi connectivity index (χ2n) is 7.94. The van der Waals surface area contributed by atoms with Crippen LogP contribution in [0.3, 0.4) is 0 Å². The highest BCUT2D eigenvalue weighted by Crippen LogP contribution is 2.20. The van der Waals surface area contributed by atoms with Crippen LogP contribution >= 0.6 is 24.0 Å². The Morgan fingerprint density at radius 1 is 1.21 bits per heavy atom. The van der Waals surface area contributed by atoms with Crippen LogP contribution in [-0.4, -0.2) is 62.8 Å². The van der Waals surface area contributed by atoms with Crippen molar-refractivity contribution in [2.24, 2.45) is 10.9 Å². The van der Waals surface area contributed by atoms with E-state index in [1.54, 1.807) is 7.11 Å². The Bertz CT molecular complexity index is 604. The monoisotopic (exact) mass is 518 g/mol. The number of ether oxygens (including phenoxy) is 2. The molecule has 0 saturated carbocycles. The number of methoxy groups -OCH3 is 1. The first-order chi connectivity index (χ1) is 13.5. The van der Waals surface area contributed by atoms with Crippen molar-refractivity contribution in [1.29, 1.82) is 0 Å². The van der Waals surface area contributed by atoms with Gasteiger partial charge in [0, 0.05) is 38.3 Å². The molecule has 1 heterocycles. The maximum Gasteiger partial charge on any atom is 0.191 e. The SMILES string of the molecule is CCNC(=NCC(C)Oc1cccc(OC)c1)NC1CCN(CC(C)C)CC1.I. The minimum absolute atomic E-state index is 0. The van der Waals surface area contributed by atoms with Crippen molar-refractivity contribution in [2.45, 2.75) is 52.7 Å². The Morgan fingerprint density at radius 2 is 1.90 bits per heavy atom. The lowest BCUT2D eigenvalue weighted by Gasteiger charge is -2.34. The predicted octanol–water partition coefficient (Wildman–Crippen LogP) is 3.76. The van der Waals surface area contributed by atoms with Gasteiger partial charge in [-0.05, 0) is 44.7 Å². The number of nitrogens with zero attached hydrogens (tertiary/aromatic N) is 2. The molecule has 0 bridgehead atoms. The first-order valence-electron chi connectivity index (χ1n) is 10.6. The first kappa shape index (κ1) is 25.8. The second kappa shape index (κ2) is 13.9. The summed E-state index contributed by atoms with van der Waals surface area (Å²) in [6.45, 7) is 13.7. The Kier molecular flexibility index (Phi) is 12.4. The molecule has 0 spiro atoms. The van der Waals surface area contributed by atoms with Crippen molar-refractivity contribution in [3.05, 3.63) is 24.3 Å². The summed E-state index contributed by atoms with van der Waals surface area (Å²) in [5.41, 5.74) is 0. The molecule has 7 heteroatoms. The molecule has 1 saturated heterocycles. The number of benzene rings is 1. The highest BCUT2D eigenvalue weighted by Gasteiger charge is 2.20. The second-order valence-corrected chi connectivity index (χ2v) is 7.94. The van der Waals surface area contributed by atoms with Crippen LogP contribution in [0.5, 0.6) is 11.5 Å². The van der Waals surface area contributed by atoms with Crippen LogP contribution in [0, 0.1) is 5.92 Å².